The molecule has 0 spiro atoms. The smallest absolute Gasteiger partial charge is 0.0780 e. The average molecular weight is 275 g/mol. The first-order valence-corrected chi connectivity index (χ1v) is 7.59. The van der Waals surface area contributed by atoms with E-state index in [0.29, 0.717) is 5.92 Å². The third kappa shape index (κ3) is 2.82. The molecule has 3 rings (SSSR count). The third-order valence-corrected chi connectivity index (χ3v) is 3.84. The number of pyridine rings is 1. The maximum absolute atomic E-state index is 4.67. The van der Waals surface area contributed by atoms with Crippen LogP contribution in [-0.4, -0.2) is 4.98 Å². The SMILES string of the molecule is Cc1cnc(-c2ccccc2)c2ccc(CC(C)C)cc12. The molecule has 21 heavy (non-hydrogen) atoms. The maximum Gasteiger partial charge on any atom is 0.0780 e. The molecule has 0 N–H and O–H groups in total. The summed E-state index contributed by atoms with van der Waals surface area (Å²) in [5.74, 6) is 0.679. The standard InChI is InChI=1S/C20H21N/c1-14(2)11-16-9-10-18-19(12-16)15(3)13-21-20(18)17-7-5-4-6-8-17/h4-10,12-14H,11H2,1-3H3. The van der Waals surface area contributed by atoms with Crippen LogP contribution in [0.5, 0.6) is 0 Å². The zero-order valence-electron chi connectivity index (χ0n) is 12.9. The van der Waals surface area contributed by atoms with Crippen LogP contribution in [0.15, 0.2) is 54.7 Å². The molecule has 0 unspecified atom stereocenters. The second-order valence-corrected chi connectivity index (χ2v) is 6.13. The zero-order valence-corrected chi connectivity index (χ0v) is 12.9. The van der Waals surface area contributed by atoms with Crippen LogP contribution in [0.4, 0.5) is 0 Å². The number of aryl methyl sites for hydroxylation is 1. The monoisotopic (exact) mass is 275 g/mol. The summed E-state index contributed by atoms with van der Waals surface area (Å²) in [6.45, 7) is 6.67. The highest BCUT2D eigenvalue weighted by molar-refractivity contribution is 5.96. The van der Waals surface area contributed by atoms with Crippen molar-refractivity contribution in [3.05, 3.63) is 65.9 Å². The van der Waals surface area contributed by atoms with Crippen molar-refractivity contribution < 1.29 is 0 Å². The van der Waals surface area contributed by atoms with E-state index in [9.17, 15) is 0 Å². The Balaban J connectivity index is 2.18. The fourth-order valence-electron chi connectivity index (χ4n) is 2.85. The molecule has 0 fully saturated rings. The Kier molecular flexibility index (Phi) is 3.74. The molecular weight excluding hydrogens is 254 g/mol. The number of nitrogens with zero attached hydrogens (tertiary/aromatic N) is 1. The lowest BCUT2D eigenvalue weighted by Crippen LogP contribution is -1.95. The highest BCUT2D eigenvalue weighted by Crippen LogP contribution is 2.29. The summed E-state index contributed by atoms with van der Waals surface area (Å²) in [5, 5.41) is 2.57. The molecule has 0 saturated carbocycles. The minimum atomic E-state index is 0.679. The second-order valence-electron chi connectivity index (χ2n) is 6.13. The van der Waals surface area contributed by atoms with Gasteiger partial charge in [0.25, 0.3) is 0 Å². The molecular formula is C20H21N. The van der Waals surface area contributed by atoms with Gasteiger partial charge in [0.2, 0.25) is 0 Å². The van der Waals surface area contributed by atoms with Crippen molar-refractivity contribution >= 4 is 10.8 Å². The third-order valence-electron chi connectivity index (χ3n) is 3.84. The number of hydrogen-bond donors (Lipinski definition) is 0. The Morgan fingerprint density at radius 1 is 0.952 bits per heavy atom. The molecule has 1 heterocycles. The van der Waals surface area contributed by atoms with Crippen molar-refractivity contribution in [1.82, 2.24) is 4.98 Å². The van der Waals surface area contributed by atoms with Crippen LogP contribution in [0.3, 0.4) is 0 Å². The fourth-order valence-corrected chi connectivity index (χ4v) is 2.85. The van der Waals surface area contributed by atoms with Crippen LogP contribution in [-0.2, 0) is 6.42 Å². The number of fused-ring (bicyclic) bond motifs is 1. The highest BCUT2D eigenvalue weighted by Gasteiger charge is 2.08. The minimum Gasteiger partial charge on any atom is -0.255 e. The summed E-state index contributed by atoms with van der Waals surface area (Å²) in [7, 11) is 0. The van der Waals surface area contributed by atoms with Gasteiger partial charge in [0, 0.05) is 17.1 Å². The normalized spacial score (nSPS) is 11.2. The second kappa shape index (κ2) is 5.69. The van der Waals surface area contributed by atoms with Gasteiger partial charge in [-0.15, -0.1) is 0 Å². The van der Waals surface area contributed by atoms with Crippen LogP contribution >= 0.6 is 0 Å². The molecule has 3 aromatic rings. The lowest BCUT2D eigenvalue weighted by molar-refractivity contribution is 0.648. The Hall–Kier alpha value is -2.15. The van der Waals surface area contributed by atoms with Gasteiger partial charge >= 0.3 is 0 Å². The van der Waals surface area contributed by atoms with Gasteiger partial charge in [0.15, 0.2) is 0 Å². The lowest BCUT2D eigenvalue weighted by atomic mass is 9.96. The molecule has 106 valence electrons. The molecule has 0 amide bonds. The lowest BCUT2D eigenvalue weighted by Gasteiger charge is -2.11. The number of aromatic nitrogens is 1. The van der Waals surface area contributed by atoms with Crippen molar-refractivity contribution in [2.45, 2.75) is 27.2 Å². The van der Waals surface area contributed by atoms with Crippen molar-refractivity contribution in [2.24, 2.45) is 5.92 Å². The summed E-state index contributed by atoms with van der Waals surface area (Å²) in [6, 6.07) is 17.2. The van der Waals surface area contributed by atoms with E-state index in [1.165, 1.54) is 27.5 Å². The van der Waals surface area contributed by atoms with Gasteiger partial charge in [0.1, 0.15) is 0 Å². The molecule has 2 aromatic carbocycles. The van der Waals surface area contributed by atoms with Crippen molar-refractivity contribution in [3.8, 4) is 11.3 Å². The van der Waals surface area contributed by atoms with Crippen molar-refractivity contribution in [3.63, 3.8) is 0 Å². The van der Waals surface area contributed by atoms with Gasteiger partial charge in [-0.1, -0.05) is 62.4 Å². The van der Waals surface area contributed by atoms with Gasteiger partial charge in [-0.2, -0.15) is 0 Å². The number of benzene rings is 2. The average Bonchev–Trinajstić information content (AvgIpc) is 2.48. The summed E-state index contributed by atoms with van der Waals surface area (Å²) in [5.41, 5.74) is 4.91. The first-order chi connectivity index (χ1) is 10.1. The Labute approximate surface area is 126 Å². The van der Waals surface area contributed by atoms with Crippen LogP contribution in [0.25, 0.3) is 22.0 Å². The number of hydrogen-bond acceptors (Lipinski definition) is 1. The molecule has 0 aliphatic carbocycles. The summed E-state index contributed by atoms with van der Waals surface area (Å²) in [4.78, 5) is 4.67. The molecule has 0 radical (unpaired) electrons. The molecule has 0 atom stereocenters. The molecule has 1 aromatic heterocycles. The fraction of sp³-hybridized carbons (Fsp3) is 0.250. The van der Waals surface area contributed by atoms with Gasteiger partial charge in [0.05, 0.1) is 5.69 Å². The van der Waals surface area contributed by atoms with E-state index >= 15 is 0 Å². The number of rotatable bonds is 3. The van der Waals surface area contributed by atoms with Gasteiger partial charge in [-0.25, -0.2) is 0 Å². The molecule has 0 bridgehead atoms. The van der Waals surface area contributed by atoms with Crippen LogP contribution in [0.1, 0.15) is 25.0 Å². The van der Waals surface area contributed by atoms with Gasteiger partial charge < -0.3 is 0 Å². The molecule has 1 nitrogen and oxygen atoms in total. The van der Waals surface area contributed by atoms with E-state index < -0.39 is 0 Å². The maximum atomic E-state index is 4.67. The van der Waals surface area contributed by atoms with Gasteiger partial charge in [-0.05, 0) is 35.8 Å². The first kappa shape index (κ1) is 13.8. The largest absolute Gasteiger partial charge is 0.255 e. The predicted octanol–water partition coefficient (Wildman–Crippen LogP) is 5.41. The van der Waals surface area contributed by atoms with E-state index in [-0.39, 0.29) is 0 Å². The summed E-state index contributed by atoms with van der Waals surface area (Å²) >= 11 is 0. The van der Waals surface area contributed by atoms with E-state index in [0.717, 1.165) is 12.1 Å². The molecule has 0 aliphatic heterocycles. The minimum absolute atomic E-state index is 0.679. The van der Waals surface area contributed by atoms with Crippen LogP contribution < -0.4 is 0 Å². The van der Waals surface area contributed by atoms with E-state index in [1.807, 2.05) is 12.3 Å². The van der Waals surface area contributed by atoms with Crippen molar-refractivity contribution in [2.75, 3.05) is 0 Å². The van der Waals surface area contributed by atoms with Crippen molar-refractivity contribution in [1.29, 1.82) is 0 Å². The highest BCUT2D eigenvalue weighted by atomic mass is 14.7. The predicted molar refractivity (Wildman–Crippen MR) is 90.5 cm³/mol. The van der Waals surface area contributed by atoms with E-state index in [1.54, 1.807) is 0 Å². The topological polar surface area (TPSA) is 12.9 Å². The summed E-state index contributed by atoms with van der Waals surface area (Å²) < 4.78 is 0. The first-order valence-electron chi connectivity index (χ1n) is 7.59. The van der Waals surface area contributed by atoms with Crippen LogP contribution in [0, 0.1) is 12.8 Å². The van der Waals surface area contributed by atoms with E-state index in [2.05, 4.69) is 68.2 Å². The Bertz CT molecular complexity index is 757. The van der Waals surface area contributed by atoms with E-state index in [4.69, 9.17) is 0 Å². The van der Waals surface area contributed by atoms with Gasteiger partial charge in [-0.3, -0.25) is 4.98 Å². The van der Waals surface area contributed by atoms with Crippen LogP contribution in [0.2, 0.25) is 0 Å². The quantitative estimate of drug-likeness (QED) is 0.623. The Morgan fingerprint density at radius 2 is 1.71 bits per heavy atom. The zero-order chi connectivity index (χ0) is 14.8. The Morgan fingerprint density at radius 3 is 2.43 bits per heavy atom. The molecule has 0 aliphatic rings. The molecule has 1 heteroatoms. The summed E-state index contributed by atoms with van der Waals surface area (Å²) in [6.07, 6.45) is 3.11. The molecule has 0 saturated heterocycles.